The highest BCUT2D eigenvalue weighted by Gasteiger charge is 2.38. The number of carbonyl (C=O) groups excluding carboxylic acids is 3. The van der Waals surface area contributed by atoms with E-state index in [0.717, 1.165) is 44.9 Å². The van der Waals surface area contributed by atoms with Gasteiger partial charge < -0.3 is 34.8 Å². The van der Waals surface area contributed by atoms with Crippen molar-refractivity contribution in [1.82, 2.24) is 20.1 Å². The van der Waals surface area contributed by atoms with Gasteiger partial charge in [0, 0.05) is 85.3 Å². The number of aliphatic hydroxyl groups is 1. The molecule has 0 fully saturated rings. The molecule has 374 valence electrons. The van der Waals surface area contributed by atoms with E-state index in [1.165, 1.54) is 62.0 Å². The van der Waals surface area contributed by atoms with Crippen molar-refractivity contribution in [2.75, 3.05) is 48.6 Å². The number of terminal acetylenes is 1. The van der Waals surface area contributed by atoms with Crippen molar-refractivity contribution in [3.8, 4) is 24.5 Å². The third kappa shape index (κ3) is 68.3. The fraction of sp³-hybridized carbons (Fsp3) is 0.689. The molecule has 0 aliphatic carbocycles. The molecule has 0 aromatic carbocycles. The first-order valence-corrected chi connectivity index (χ1v) is 20.8. The zero-order valence-electron chi connectivity index (χ0n) is 43.2. The Kier molecular flexibility index (Phi) is 68.3. The summed E-state index contributed by atoms with van der Waals surface area (Å²) in [5.41, 5.74) is 7.25. The molecule has 0 bridgehead atoms. The Hall–Kier alpha value is -5.43. The maximum atomic E-state index is 11.5. The van der Waals surface area contributed by atoms with Crippen LogP contribution >= 0.6 is 0 Å². The monoisotopic (exact) mass is 922 g/mol. The number of hydrogen-bond donors (Lipinski definition) is 2. The number of halogens is 3. The third-order valence-corrected chi connectivity index (χ3v) is 6.75. The zero-order chi connectivity index (χ0) is 52.1. The lowest BCUT2D eigenvalue weighted by atomic mass is 10.0. The predicted octanol–water partition coefficient (Wildman–Crippen LogP) is 9.47. The van der Waals surface area contributed by atoms with E-state index in [2.05, 4.69) is 101 Å². The van der Waals surface area contributed by atoms with Gasteiger partial charge in [-0.1, -0.05) is 76.7 Å². The van der Waals surface area contributed by atoms with Gasteiger partial charge in [0.05, 0.1) is 11.4 Å². The Labute approximate surface area is 385 Å². The predicted molar refractivity (Wildman–Crippen MR) is 261 cm³/mol. The summed E-state index contributed by atoms with van der Waals surface area (Å²) >= 11 is 0. The van der Waals surface area contributed by atoms with Crippen molar-refractivity contribution < 1.29 is 47.2 Å². The van der Waals surface area contributed by atoms with E-state index in [1.54, 1.807) is 45.2 Å². The Morgan fingerprint density at radius 1 is 0.891 bits per heavy atom. The molecule has 0 unspecified atom stereocenters. The van der Waals surface area contributed by atoms with Crippen LogP contribution < -0.4 is 5.43 Å². The lowest BCUT2D eigenvalue weighted by molar-refractivity contribution is -0.220. The van der Waals surface area contributed by atoms with E-state index >= 15 is 0 Å². The Bertz CT molecular complexity index is 1400. The summed E-state index contributed by atoms with van der Waals surface area (Å²) < 4.78 is 34.6. The molecule has 0 atom stereocenters. The highest BCUT2D eigenvalue weighted by molar-refractivity contribution is 5.85. The van der Waals surface area contributed by atoms with Crippen LogP contribution in [-0.2, 0) is 28.9 Å². The summed E-state index contributed by atoms with van der Waals surface area (Å²) in [4.78, 5) is 50.5. The molecule has 0 aliphatic heterocycles. The van der Waals surface area contributed by atoms with Crippen LogP contribution in [-0.4, -0.2) is 122 Å². The van der Waals surface area contributed by atoms with Gasteiger partial charge in [-0.05, 0) is 79.6 Å². The van der Waals surface area contributed by atoms with E-state index in [0.29, 0.717) is 5.92 Å². The van der Waals surface area contributed by atoms with Crippen LogP contribution in [0.5, 0.6) is 0 Å². The number of alkyl halides is 3. The zero-order valence-corrected chi connectivity index (χ0v) is 43.2. The number of nitrogens with zero attached hydrogens (tertiary/aromatic N) is 8. The van der Waals surface area contributed by atoms with Crippen molar-refractivity contribution in [2.45, 2.75) is 156 Å². The second-order valence-electron chi connectivity index (χ2n) is 12.6. The smallest absolute Gasteiger partial charge is 0.399 e. The van der Waals surface area contributed by atoms with Crippen LogP contribution in [0.3, 0.4) is 0 Å². The fourth-order valence-electron chi connectivity index (χ4n) is 2.96. The second-order valence-corrected chi connectivity index (χ2v) is 12.6. The molecule has 0 saturated heterocycles. The number of carbonyl (C=O) groups is 3. The molecule has 2 N–H and O–H groups in total. The molecule has 64 heavy (non-hydrogen) atoms. The number of hydrogen-bond acceptors (Lipinski definition) is 13. The van der Waals surface area contributed by atoms with Crippen LogP contribution in [0.15, 0.2) is 37.8 Å². The van der Waals surface area contributed by atoms with Crippen molar-refractivity contribution in [2.24, 2.45) is 31.5 Å². The number of allylic oxidation sites excluding steroid dienone is 1. The Morgan fingerprint density at radius 3 is 1.56 bits per heavy atom. The average Bonchev–Trinajstić information content (AvgIpc) is 3.24. The van der Waals surface area contributed by atoms with Gasteiger partial charge >= 0.3 is 6.30 Å². The summed E-state index contributed by atoms with van der Waals surface area (Å²) in [6, 6.07) is 1.20. The first-order chi connectivity index (χ1) is 29.8. The van der Waals surface area contributed by atoms with E-state index in [4.69, 9.17) is 9.94 Å². The Morgan fingerprint density at radius 2 is 1.42 bits per heavy atom. The summed E-state index contributed by atoms with van der Waals surface area (Å²) in [7, 11) is 8.29. The molecule has 0 heterocycles. The quantitative estimate of drug-likeness (QED) is 0.0431. The summed E-state index contributed by atoms with van der Waals surface area (Å²) in [5, 5.41) is 23.1. The maximum absolute atomic E-state index is 11.5. The van der Waals surface area contributed by atoms with Gasteiger partial charge in [0.2, 0.25) is 17.7 Å². The number of aliphatic hydroxyl groups excluding tert-OH is 1. The number of nitrogens with one attached hydrogen (secondary N) is 1. The minimum Gasteiger partial charge on any atom is -0.399 e. The molecule has 0 saturated carbocycles. The first-order valence-electron chi connectivity index (χ1n) is 20.8. The topological polar surface area (TPSA) is 183 Å². The van der Waals surface area contributed by atoms with Gasteiger partial charge in [-0.25, -0.2) is 0 Å². The molecule has 0 spiro atoms. The fourth-order valence-corrected chi connectivity index (χ4v) is 2.96. The minimum atomic E-state index is -4.76. The summed E-state index contributed by atoms with van der Waals surface area (Å²) in [6.07, 6.45) is 13.9. The van der Waals surface area contributed by atoms with Crippen LogP contribution in [0.1, 0.15) is 149 Å². The van der Waals surface area contributed by atoms with Gasteiger partial charge in [-0.2, -0.15) is 10.0 Å². The maximum Gasteiger partial charge on any atom is 0.498 e. The van der Waals surface area contributed by atoms with Gasteiger partial charge in [-0.15, -0.1) is 18.3 Å². The highest BCUT2D eigenvalue weighted by atomic mass is 19.4. The first kappa shape index (κ1) is 75.9. The molecule has 3 amide bonds. The van der Waals surface area contributed by atoms with E-state index in [-0.39, 0.29) is 18.5 Å². The third-order valence-electron chi connectivity index (χ3n) is 6.75. The SMILES string of the molecule is C#CN(C(C)=O)C(F)(F)F.C/C=C/N(CC)C(C)=O.C/C=N/OC.CC#CON=C(C)C.CC(=O)N(C)CO.CCC(C)=NC.CCC(CC)=NNC.CCCC/C(=N/OC)C(C)C. The molecule has 0 aliphatic rings. The number of oxime groups is 3. The van der Waals surface area contributed by atoms with Crippen molar-refractivity contribution >= 4 is 46.8 Å². The number of rotatable bonds is 14. The van der Waals surface area contributed by atoms with Crippen LogP contribution in [0, 0.1) is 30.4 Å². The molecule has 0 radical (unpaired) electrons. The largest absolute Gasteiger partial charge is 0.498 e. The van der Waals surface area contributed by atoms with Crippen molar-refractivity contribution in [1.29, 1.82) is 0 Å². The highest BCUT2D eigenvalue weighted by Crippen LogP contribution is 2.19. The van der Waals surface area contributed by atoms with Crippen molar-refractivity contribution in [3.05, 3.63) is 12.3 Å². The molecule has 0 aromatic heterocycles. The van der Waals surface area contributed by atoms with Crippen LogP contribution in [0.25, 0.3) is 0 Å². The van der Waals surface area contributed by atoms with Crippen molar-refractivity contribution in [3.63, 3.8) is 0 Å². The molecular weight excluding hydrogens is 836 g/mol. The second kappa shape index (κ2) is 57.6. The van der Waals surface area contributed by atoms with E-state index in [1.807, 2.05) is 54.8 Å². The molecule has 16 nitrogen and oxygen atoms in total. The molecule has 0 rings (SSSR count). The van der Waals surface area contributed by atoms with E-state index < -0.39 is 17.1 Å². The van der Waals surface area contributed by atoms with Gasteiger partial charge in [-0.3, -0.25) is 19.4 Å². The molecular formula is C45H86F3N9O7. The summed E-state index contributed by atoms with van der Waals surface area (Å²) in [5.74, 6) is 1.82. The van der Waals surface area contributed by atoms with Gasteiger partial charge in [0.25, 0.3) is 0 Å². The standard InChI is InChI=1S/C9H19NO.C7H13NO.C6H14N2.C6H9NO.C5H4F3NO.C5H11N.C4H9NO2.C3H7NO/c1-5-6-7-9(8(2)3)10-11-4;1-4-6-8(5-2)7(3)9;1-4-6(5-2)8-7-3;1-4-5-8-7-6(2)3;1-3-9(4(2)10)5(6,7)8;1-4-5(2)6-3;1-4(7)5(2)3-6;1-3-4-5-2/h8H,5-7H2,1-4H3;4,6H,5H2,1-3H3;7H,4-5H2,1-3H3;1-3H3;1H,2H3;4H2,1-3H3;6H,3H2,1-2H3;3H,1-2H3/b10-9-;6-4+;;;;;;4-3+. The number of unbranched alkanes of at least 4 members (excludes halogenated alkanes) is 1. The lowest BCUT2D eigenvalue weighted by Gasteiger charge is -2.15. The van der Waals surface area contributed by atoms with Crippen LogP contribution in [0.4, 0.5) is 13.2 Å². The molecule has 19 heteroatoms. The number of hydrazone groups is 1. The molecule has 0 aromatic rings. The van der Waals surface area contributed by atoms with Gasteiger partial charge in [0.15, 0.2) is 0 Å². The Balaban J connectivity index is -0.0000000943. The minimum absolute atomic E-state index is 0.0931. The van der Waals surface area contributed by atoms with Crippen LogP contribution in [0.2, 0.25) is 0 Å². The number of amides is 3. The summed E-state index contributed by atoms with van der Waals surface area (Å²) in [6.45, 7) is 30.1. The van der Waals surface area contributed by atoms with E-state index in [9.17, 15) is 27.6 Å². The normalized spacial score (nSPS) is 9.77. The lowest BCUT2D eigenvalue weighted by Crippen LogP contribution is -2.37. The average molecular weight is 922 g/mol. The van der Waals surface area contributed by atoms with Gasteiger partial charge in [0.1, 0.15) is 27.1 Å². The number of aliphatic imine (C=N–C) groups is 1.